The monoisotopic (exact) mass is 371 g/mol. The lowest BCUT2D eigenvalue weighted by Crippen LogP contribution is -2.62. The molecule has 3 atom stereocenters. The van der Waals surface area contributed by atoms with Crippen LogP contribution in [-0.2, 0) is 0 Å². The van der Waals surface area contributed by atoms with E-state index in [4.69, 9.17) is 9.47 Å². The maximum atomic E-state index is 13.1. The summed E-state index contributed by atoms with van der Waals surface area (Å²) in [6.07, 6.45) is 2.41. The fourth-order valence-electron chi connectivity index (χ4n) is 5.48. The van der Waals surface area contributed by atoms with E-state index in [1.165, 1.54) is 18.4 Å². The van der Waals surface area contributed by atoms with E-state index in [0.29, 0.717) is 30.7 Å². The zero-order valence-electron chi connectivity index (χ0n) is 16.4. The first-order valence-corrected chi connectivity index (χ1v) is 10.1. The Labute approximate surface area is 160 Å². The van der Waals surface area contributed by atoms with Gasteiger partial charge in [0.1, 0.15) is 0 Å². The topological polar surface area (TPSA) is 54.0 Å². The highest BCUT2D eigenvalue weighted by Crippen LogP contribution is 2.47. The van der Waals surface area contributed by atoms with Crippen LogP contribution in [0.3, 0.4) is 0 Å². The Kier molecular flexibility index (Phi) is 3.83. The Morgan fingerprint density at radius 1 is 1.11 bits per heavy atom. The summed E-state index contributed by atoms with van der Waals surface area (Å²) >= 11 is 0. The minimum atomic E-state index is -0.225. The van der Waals surface area contributed by atoms with Gasteiger partial charge in [-0.25, -0.2) is 4.79 Å². The average molecular weight is 371 g/mol. The van der Waals surface area contributed by atoms with Gasteiger partial charge >= 0.3 is 6.03 Å². The highest BCUT2D eigenvalue weighted by molar-refractivity contribution is 5.76. The second-order valence-corrected chi connectivity index (χ2v) is 9.41. The normalized spacial score (nSPS) is 33.9. The molecule has 4 fully saturated rings. The number of piperidine rings is 3. The number of nitrogens with zero attached hydrogens (tertiary/aromatic N) is 2. The van der Waals surface area contributed by atoms with E-state index >= 15 is 0 Å². The van der Waals surface area contributed by atoms with Crippen molar-refractivity contribution in [2.75, 3.05) is 26.4 Å². The van der Waals surface area contributed by atoms with E-state index in [9.17, 15) is 4.79 Å². The van der Waals surface area contributed by atoms with E-state index in [1.54, 1.807) is 0 Å². The van der Waals surface area contributed by atoms with Crippen molar-refractivity contribution in [3.8, 4) is 11.5 Å². The number of urea groups is 1. The van der Waals surface area contributed by atoms with Crippen molar-refractivity contribution in [1.29, 1.82) is 0 Å². The van der Waals surface area contributed by atoms with Crippen LogP contribution in [0.5, 0.6) is 11.5 Å². The van der Waals surface area contributed by atoms with Crippen LogP contribution >= 0.6 is 0 Å². The molecule has 1 N–H and O–H groups in total. The maximum Gasteiger partial charge on any atom is 0.318 e. The van der Waals surface area contributed by atoms with Gasteiger partial charge in [-0.3, -0.25) is 4.90 Å². The molecule has 5 heterocycles. The van der Waals surface area contributed by atoms with Crippen molar-refractivity contribution in [1.82, 2.24) is 15.1 Å². The van der Waals surface area contributed by atoms with Gasteiger partial charge in [-0.05, 0) is 70.3 Å². The number of amides is 2. The van der Waals surface area contributed by atoms with E-state index < -0.39 is 0 Å². The zero-order valence-corrected chi connectivity index (χ0v) is 16.4. The first kappa shape index (κ1) is 17.2. The minimum absolute atomic E-state index is 0.0782. The molecule has 0 radical (unpaired) electrons. The van der Waals surface area contributed by atoms with Crippen LogP contribution in [0.1, 0.15) is 45.1 Å². The molecular weight excluding hydrogens is 342 g/mol. The largest absolute Gasteiger partial charge is 0.454 e. The van der Waals surface area contributed by atoms with Gasteiger partial charge in [-0.1, -0.05) is 6.07 Å². The van der Waals surface area contributed by atoms with Gasteiger partial charge in [0, 0.05) is 24.0 Å². The van der Waals surface area contributed by atoms with E-state index in [2.05, 4.69) is 27.2 Å². The molecule has 6 rings (SSSR count). The summed E-state index contributed by atoms with van der Waals surface area (Å²) in [6, 6.07) is 7.09. The Balaban J connectivity index is 1.48. The molecule has 4 saturated heterocycles. The van der Waals surface area contributed by atoms with Gasteiger partial charge in [0.05, 0.1) is 6.04 Å². The van der Waals surface area contributed by atoms with Gasteiger partial charge in [-0.2, -0.15) is 0 Å². The van der Waals surface area contributed by atoms with Crippen LogP contribution in [0.25, 0.3) is 0 Å². The molecule has 0 unspecified atom stereocenters. The smallest absolute Gasteiger partial charge is 0.318 e. The standard InChI is InChI=1S/C21H29N3O3/c1-21(2,3)22-20(25)24-11-15(14-4-5-16-17(10-14)27-12-26-16)19-18(24)13-6-8-23(19)9-7-13/h4-5,10,13,15,18-19H,6-9,11-12H2,1-3H3,(H,22,25)/t15-,18-,19-/m1/s1. The lowest BCUT2D eigenvalue weighted by atomic mass is 9.75. The van der Waals surface area contributed by atoms with Crippen molar-refractivity contribution >= 4 is 6.03 Å². The van der Waals surface area contributed by atoms with E-state index in [0.717, 1.165) is 31.1 Å². The molecular formula is C21H29N3O3. The number of ether oxygens (including phenoxy) is 2. The van der Waals surface area contributed by atoms with Gasteiger partial charge in [0.15, 0.2) is 11.5 Å². The Morgan fingerprint density at radius 2 is 1.85 bits per heavy atom. The highest BCUT2D eigenvalue weighted by Gasteiger charge is 2.55. The van der Waals surface area contributed by atoms with Crippen LogP contribution in [0, 0.1) is 5.92 Å². The van der Waals surface area contributed by atoms with Crippen LogP contribution in [0.2, 0.25) is 0 Å². The van der Waals surface area contributed by atoms with Crippen molar-refractivity contribution in [2.45, 2.75) is 57.2 Å². The summed E-state index contributed by atoms with van der Waals surface area (Å²) < 4.78 is 11.1. The Morgan fingerprint density at radius 3 is 2.59 bits per heavy atom. The quantitative estimate of drug-likeness (QED) is 0.825. The van der Waals surface area contributed by atoms with Crippen molar-refractivity contribution < 1.29 is 14.3 Å². The van der Waals surface area contributed by atoms with Gasteiger partial charge in [0.25, 0.3) is 0 Å². The fraction of sp³-hybridized carbons (Fsp3) is 0.667. The summed E-state index contributed by atoms with van der Waals surface area (Å²) in [4.78, 5) is 17.8. The van der Waals surface area contributed by atoms with Crippen LogP contribution in [0.15, 0.2) is 18.2 Å². The fourth-order valence-corrected chi connectivity index (χ4v) is 5.48. The molecule has 1 aromatic carbocycles. The van der Waals surface area contributed by atoms with E-state index in [1.807, 2.05) is 26.8 Å². The Hall–Kier alpha value is -1.95. The van der Waals surface area contributed by atoms with Crippen molar-refractivity contribution in [2.24, 2.45) is 5.92 Å². The summed E-state index contributed by atoms with van der Waals surface area (Å²) in [7, 11) is 0. The molecule has 6 heteroatoms. The summed E-state index contributed by atoms with van der Waals surface area (Å²) in [5.74, 6) is 2.58. The average Bonchev–Trinajstić information content (AvgIpc) is 3.26. The molecule has 5 aliphatic heterocycles. The molecule has 0 saturated carbocycles. The first-order valence-electron chi connectivity index (χ1n) is 10.1. The molecule has 2 amide bonds. The number of carbonyl (C=O) groups is 1. The van der Waals surface area contributed by atoms with Gasteiger partial charge < -0.3 is 19.7 Å². The summed E-state index contributed by atoms with van der Waals surface area (Å²) in [6.45, 7) is 9.51. The third kappa shape index (κ3) is 2.85. The number of nitrogens with one attached hydrogen (secondary N) is 1. The molecule has 0 aliphatic carbocycles. The summed E-state index contributed by atoms with van der Waals surface area (Å²) in [5.41, 5.74) is 1.03. The van der Waals surface area contributed by atoms with Gasteiger partial charge in [0.2, 0.25) is 6.79 Å². The molecule has 146 valence electrons. The lowest BCUT2D eigenvalue weighted by molar-refractivity contribution is 0.00296. The number of fused-ring (bicyclic) bond motifs is 3. The Bertz CT molecular complexity index is 752. The third-order valence-electron chi connectivity index (χ3n) is 6.56. The molecule has 0 spiro atoms. The zero-order chi connectivity index (χ0) is 18.8. The second-order valence-electron chi connectivity index (χ2n) is 9.41. The number of likely N-dealkylation sites (tertiary alicyclic amines) is 1. The maximum absolute atomic E-state index is 13.1. The molecule has 1 aromatic rings. The van der Waals surface area contributed by atoms with Crippen LogP contribution in [-0.4, -0.2) is 59.9 Å². The van der Waals surface area contributed by atoms with Gasteiger partial charge in [-0.15, -0.1) is 0 Å². The number of benzene rings is 1. The lowest BCUT2D eigenvalue weighted by Gasteiger charge is -2.51. The molecule has 2 bridgehead atoms. The number of rotatable bonds is 1. The number of hydrogen-bond donors (Lipinski definition) is 1. The minimum Gasteiger partial charge on any atom is -0.454 e. The predicted octanol–water partition coefficient (Wildman–Crippen LogP) is 2.79. The highest BCUT2D eigenvalue weighted by atomic mass is 16.7. The summed E-state index contributed by atoms with van der Waals surface area (Å²) in [5, 5.41) is 3.19. The van der Waals surface area contributed by atoms with E-state index in [-0.39, 0.29) is 11.6 Å². The molecule has 5 aliphatic rings. The van der Waals surface area contributed by atoms with Crippen LogP contribution < -0.4 is 14.8 Å². The number of hydrogen-bond acceptors (Lipinski definition) is 4. The predicted molar refractivity (Wildman–Crippen MR) is 102 cm³/mol. The molecule has 6 nitrogen and oxygen atoms in total. The SMILES string of the molecule is CC(C)(C)NC(=O)N1C[C@H](c2ccc3c(c2)OCO3)[C@@H]2[C@H]1C1CCN2CC1. The van der Waals surface area contributed by atoms with Crippen molar-refractivity contribution in [3.05, 3.63) is 23.8 Å². The molecule has 27 heavy (non-hydrogen) atoms. The second kappa shape index (κ2) is 6.03. The molecule has 0 aromatic heterocycles. The first-order chi connectivity index (χ1) is 12.9. The number of carbonyl (C=O) groups excluding carboxylic acids is 1. The third-order valence-corrected chi connectivity index (χ3v) is 6.56. The van der Waals surface area contributed by atoms with Crippen LogP contribution in [0.4, 0.5) is 4.79 Å². The van der Waals surface area contributed by atoms with Crippen molar-refractivity contribution in [3.63, 3.8) is 0 Å².